The molecule has 98 valence electrons. The Morgan fingerprint density at radius 3 is 2.59 bits per heavy atom. The fraction of sp³-hybridized carbons (Fsp3) is 0.917. The minimum absolute atomic E-state index is 0.0983. The Hall–Kier alpha value is -0.810. The molecule has 1 atom stereocenters. The summed E-state index contributed by atoms with van der Waals surface area (Å²) in [6.45, 7) is 7.44. The predicted octanol–water partition coefficient (Wildman–Crippen LogP) is 1.11. The first-order valence-electron chi connectivity index (χ1n) is 6.19. The lowest BCUT2D eigenvalue weighted by atomic mass is 9.84. The molecule has 2 rings (SSSR count). The minimum Gasteiger partial charge on any atom is -0.444 e. The van der Waals surface area contributed by atoms with Crippen molar-refractivity contribution in [2.45, 2.75) is 50.9 Å². The van der Waals surface area contributed by atoms with E-state index in [0.29, 0.717) is 13.1 Å². The topological polar surface area (TPSA) is 64.8 Å². The average Bonchev–Trinajstić information content (AvgIpc) is 2.62. The quantitative estimate of drug-likeness (QED) is 0.748. The van der Waals surface area contributed by atoms with Crippen LogP contribution in [-0.4, -0.2) is 47.9 Å². The van der Waals surface area contributed by atoms with E-state index in [2.05, 4.69) is 0 Å². The first-order chi connectivity index (χ1) is 7.80. The smallest absolute Gasteiger partial charge is 0.410 e. The van der Waals surface area contributed by atoms with Crippen molar-refractivity contribution in [2.24, 2.45) is 5.73 Å². The fourth-order valence-electron chi connectivity index (χ4n) is 2.35. The molecule has 2 N–H and O–H groups in total. The van der Waals surface area contributed by atoms with E-state index in [-0.39, 0.29) is 17.7 Å². The van der Waals surface area contributed by atoms with Crippen LogP contribution >= 0.6 is 0 Å². The van der Waals surface area contributed by atoms with Crippen LogP contribution in [0.15, 0.2) is 0 Å². The molecule has 17 heavy (non-hydrogen) atoms. The molecule has 0 aromatic rings. The number of hydrogen-bond acceptors (Lipinski definition) is 4. The van der Waals surface area contributed by atoms with Crippen molar-refractivity contribution in [1.82, 2.24) is 4.90 Å². The Bertz CT molecular complexity index is 299. The molecule has 2 aliphatic heterocycles. The summed E-state index contributed by atoms with van der Waals surface area (Å²) >= 11 is 0. The second-order valence-corrected chi connectivity index (χ2v) is 6.07. The first kappa shape index (κ1) is 12.6. The van der Waals surface area contributed by atoms with E-state index in [9.17, 15) is 4.79 Å². The van der Waals surface area contributed by atoms with Gasteiger partial charge in [0.25, 0.3) is 0 Å². The van der Waals surface area contributed by atoms with Crippen LogP contribution in [0.3, 0.4) is 0 Å². The van der Waals surface area contributed by atoms with Crippen LogP contribution in [0.25, 0.3) is 0 Å². The van der Waals surface area contributed by atoms with Crippen LogP contribution in [-0.2, 0) is 9.47 Å². The van der Waals surface area contributed by atoms with Gasteiger partial charge in [0.15, 0.2) is 0 Å². The highest BCUT2D eigenvalue weighted by atomic mass is 16.6. The molecule has 1 amide bonds. The Balaban J connectivity index is 1.83. The van der Waals surface area contributed by atoms with Gasteiger partial charge >= 0.3 is 6.09 Å². The number of hydrogen-bond donors (Lipinski definition) is 1. The normalized spacial score (nSPS) is 27.8. The summed E-state index contributed by atoms with van der Waals surface area (Å²) in [7, 11) is 0. The Kier molecular flexibility index (Phi) is 3.08. The summed E-state index contributed by atoms with van der Waals surface area (Å²) in [4.78, 5) is 13.4. The lowest BCUT2D eigenvalue weighted by molar-refractivity contribution is -0.0528. The summed E-state index contributed by atoms with van der Waals surface area (Å²) in [6, 6.07) is 0. The van der Waals surface area contributed by atoms with E-state index in [4.69, 9.17) is 15.2 Å². The van der Waals surface area contributed by atoms with Gasteiger partial charge in [-0.15, -0.1) is 0 Å². The maximum absolute atomic E-state index is 11.8. The van der Waals surface area contributed by atoms with Crippen LogP contribution in [0.5, 0.6) is 0 Å². The van der Waals surface area contributed by atoms with Gasteiger partial charge in [0.05, 0.1) is 11.6 Å². The van der Waals surface area contributed by atoms with Gasteiger partial charge in [0.2, 0.25) is 0 Å². The second kappa shape index (κ2) is 4.14. The largest absolute Gasteiger partial charge is 0.444 e. The number of amides is 1. The zero-order chi connectivity index (χ0) is 12.7. The number of carbonyl (C=O) groups is 1. The lowest BCUT2D eigenvalue weighted by Crippen LogP contribution is -2.73. The highest BCUT2D eigenvalue weighted by molar-refractivity contribution is 5.69. The Morgan fingerprint density at radius 2 is 2.12 bits per heavy atom. The van der Waals surface area contributed by atoms with Crippen LogP contribution < -0.4 is 5.73 Å². The first-order valence-corrected chi connectivity index (χ1v) is 6.19. The molecule has 1 unspecified atom stereocenters. The lowest BCUT2D eigenvalue weighted by Gasteiger charge is -2.50. The molecule has 0 saturated carbocycles. The van der Waals surface area contributed by atoms with Crippen molar-refractivity contribution in [3.8, 4) is 0 Å². The molecule has 2 saturated heterocycles. The molecule has 2 fully saturated rings. The number of nitrogens with zero attached hydrogens (tertiary/aromatic N) is 1. The van der Waals surface area contributed by atoms with Gasteiger partial charge in [-0.25, -0.2) is 4.79 Å². The van der Waals surface area contributed by atoms with Gasteiger partial charge in [-0.1, -0.05) is 0 Å². The van der Waals surface area contributed by atoms with E-state index in [1.165, 1.54) is 0 Å². The third kappa shape index (κ3) is 2.72. The van der Waals surface area contributed by atoms with E-state index >= 15 is 0 Å². The van der Waals surface area contributed by atoms with Crippen molar-refractivity contribution in [1.29, 1.82) is 0 Å². The molecular formula is C12H22N2O3. The van der Waals surface area contributed by atoms with Crippen LogP contribution in [0.1, 0.15) is 33.6 Å². The summed E-state index contributed by atoms with van der Waals surface area (Å²) in [6.07, 6.45) is 1.88. The standard InChI is InChI=1S/C12H22N2O3/c1-11(2,3)17-10(15)14-7-12(13,8-14)9-5-4-6-16-9/h9H,4-8,13H2,1-3H3. The number of likely N-dealkylation sites (tertiary alicyclic amines) is 1. The number of ether oxygens (including phenoxy) is 2. The predicted molar refractivity (Wildman–Crippen MR) is 63.7 cm³/mol. The van der Waals surface area contributed by atoms with Gasteiger partial charge in [-0.3, -0.25) is 0 Å². The average molecular weight is 242 g/mol. The molecule has 0 aromatic carbocycles. The van der Waals surface area contributed by atoms with Crippen molar-refractivity contribution in [3.05, 3.63) is 0 Å². The highest BCUT2D eigenvalue weighted by Crippen LogP contribution is 2.31. The van der Waals surface area contributed by atoms with Gasteiger partial charge < -0.3 is 20.1 Å². The third-order valence-electron chi connectivity index (χ3n) is 3.19. The van der Waals surface area contributed by atoms with Gasteiger partial charge in [-0.2, -0.15) is 0 Å². The molecule has 0 aromatic heterocycles. The maximum Gasteiger partial charge on any atom is 0.410 e. The number of nitrogens with two attached hydrogens (primary N) is 1. The molecule has 0 radical (unpaired) electrons. The molecule has 5 heteroatoms. The molecule has 0 bridgehead atoms. The summed E-state index contributed by atoms with van der Waals surface area (Å²) in [5.74, 6) is 0. The number of carbonyl (C=O) groups excluding carboxylic acids is 1. The Labute approximate surface area is 102 Å². The SMILES string of the molecule is CC(C)(C)OC(=O)N1CC(N)(C2CCCO2)C1. The van der Waals surface area contributed by atoms with E-state index in [1.54, 1.807) is 4.90 Å². The van der Waals surface area contributed by atoms with E-state index < -0.39 is 5.60 Å². The minimum atomic E-state index is -0.451. The van der Waals surface area contributed by atoms with Crippen molar-refractivity contribution < 1.29 is 14.3 Å². The van der Waals surface area contributed by atoms with Crippen molar-refractivity contribution in [2.75, 3.05) is 19.7 Å². The molecule has 2 aliphatic rings. The maximum atomic E-state index is 11.8. The monoisotopic (exact) mass is 242 g/mol. The van der Waals surface area contributed by atoms with Crippen molar-refractivity contribution in [3.63, 3.8) is 0 Å². The fourth-order valence-corrected chi connectivity index (χ4v) is 2.35. The van der Waals surface area contributed by atoms with Crippen molar-refractivity contribution >= 4 is 6.09 Å². The summed E-state index contributed by atoms with van der Waals surface area (Å²) in [5.41, 5.74) is 5.41. The third-order valence-corrected chi connectivity index (χ3v) is 3.19. The molecule has 0 spiro atoms. The zero-order valence-electron chi connectivity index (χ0n) is 10.9. The van der Waals surface area contributed by atoms with Gasteiger partial charge in [0, 0.05) is 19.7 Å². The van der Waals surface area contributed by atoms with Gasteiger partial charge in [-0.05, 0) is 33.6 Å². The highest BCUT2D eigenvalue weighted by Gasteiger charge is 2.50. The van der Waals surface area contributed by atoms with Crippen LogP contribution in [0.2, 0.25) is 0 Å². The molecule has 5 nitrogen and oxygen atoms in total. The van der Waals surface area contributed by atoms with Crippen LogP contribution in [0.4, 0.5) is 4.79 Å². The molecule has 2 heterocycles. The molecular weight excluding hydrogens is 220 g/mol. The van der Waals surface area contributed by atoms with Gasteiger partial charge in [0.1, 0.15) is 5.60 Å². The number of rotatable bonds is 1. The van der Waals surface area contributed by atoms with E-state index in [0.717, 1.165) is 19.4 Å². The summed E-state index contributed by atoms with van der Waals surface area (Å²) in [5, 5.41) is 0. The second-order valence-electron chi connectivity index (χ2n) is 6.07. The van der Waals surface area contributed by atoms with E-state index in [1.807, 2.05) is 20.8 Å². The Morgan fingerprint density at radius 1 is 1.47 bits per heavy atom. The zero-order valence-corrected chi connectivity index (χ0v) is 10.9. The molecule has 0 aliphatic carbocycles. The summed E-state index contributed by atoms with van der Waals surface area (Å²) < 4.78 is 10.9. The van der Waals surface area contributed by atoms with Crippen LogP contribution in [0, 0.1) is 0 Å².